The molecule has 0 saturated carbocycles. The molecule has 2 aromatic rings. The lowest BCUT2D eigenvalue weighted by Crippen LogP contribution is -2.44. The Bertz CT molecular complexity index is 872. The SMILES string of the molecule is CC(C)n1c(=O)n(CC(=O)[O-])c(=O)c2c3c(sc21)CCCC3. The van der Waals surface area contributed by atoms with E-state index >= 15 is 0 Å². The Morgan fingerprint density at radius 2 is 1.95 bits per heavy atom. The van der Waals surface area contributed by atoms with Crippen LogP contribution in [0.2, 0.25) is 0 Å². The Labute approximate surface area is 130 Å². The van der Waals surface area contributed by atoms with E-state index in [0.29, 0.717) is 10.2 Å². The number of carboxylic acid groups (broad SMARTS) is 1. The van der Waals surface area contributed by atoms with E-state index in [1.54, 1.807) is 0 Å². The zero-order valence-corrected chi connectivity index (χ0v) is 13.4. The Morgan fingerprint density at radius 3 is 2.59 bits per heavy atom. The van der Waals surface area contributed by atoms with Gasteiger partial charge < -0.3 is 9.90 Å². The van der Waals surface area contributed by atoms with Gasteiger partial charge in [-0.05, 0) is 45.1 Å². The minimum Gasteiger partial charge on any atom is -0.548 e. The third-order valence-electron chi connectivity index (χ3n) is 4.07. The van der Waals surface area contributed by atoms with Crippen LogP contribution in [0.1, 0.15) is 43.2 Å². The average Bonchev–Trinajstić information content (AvgIpc) is 2.81. The normalized spacial score (nSPS) is 14.5. The van der Waals surface area contributed by atoms with Crippen molar-refractivity contribution < 1.29 is 9.90 Å². The van der Waals surface area contributed by atoms with Crippen molar-refractivity contribution in [1.29, 1.82) is 0 Å². The fourth-order valence-electron chi connectivity index (χ4n) is 3.10. The van der Waals surface area contributed by atoms with Crippen molar-refractivity contribution in [3.05, 3.63) is 31.3 Å². The number of carboxylic acids is 1. The predicted octanol–water partition coefficient (Wildman–Crippen LogP) is 0.434. The molecule has 0 aromatic carbocycles. The number of fused-ring (bicyclic) bond motifs is 3. The molecule has 2 heterocycles. The fraction of sp³-hybridized carbons (Fsp3) is 0.533. The quantitative estimate of drug-likeness (QED) is 0.821. The summed E-state index contributed by atoms with van der Waals surface area (Å²) in [5, 5.41) is 11.4. The van der Waals surface area contributed by atoms with Gasteiger partial charge in [0.25, 0.3) is 5.56 Å². The van der Waals surface area contributed by atoms with Crippen molar-refractivity contribution in [1.82, 2.24) is 9.13 Å². The molecular formula is C15H17N2O4S-. The molecular weight excluding hydrogens is 304 g/mol. The zero-order valence-electron chi connectivity index (χ0n) is 12.5. The number of aromatic nitrogens is 2. The van der Waals surface area contributed by atoms with Gasteiger partial charge in [0.15, 0.2) is 0 Å². The van der Waals surface area contributed by atoms with Crippen LogP contribution in [0.25, 0.3) is 10.2 Å². The van der Waals surface area contributed by atoms with Crippen LogP contribution in [-0.4, -0.2) is 15.1 Å². The van der Waals surface area contributed by atoms with Crippen LogP contribution in [0.3, 0.4) is 0 Å². The predicted molar refractivity (Wildman–Crippen MR) is 82.4 cm³/mol. The third-order valence-corrected chi connectivity index (χ3v) is 5.36. The second-order valence-corrected chi connectivity index (χ2v) is 6.98. The summed E-state index contributed by atoms with van der Waals surface area (Å²) in [6, 6.07) is -0.149. The molecule has 6 nitrogen and oxygen atoms in total. The molecule has 0 saturated heterocycles. The molecule has 0 amide bonds. The van der Waals surface area contributed by atoms with Crippen molar-refractivity contribution in [3.63, 3.8) is 0 Å². The largest absolute Gasteiger partial charge is 0.548 e. The van der Waals surface area contributed by atoms with Gasteiger partial charge in [0.1, 0.15) is 4.83 Å². The Morgan fingerprint density at radius 1 is 1.27 bits per heavy atom. The molecule has 1 aliphatic rings. The van der Waals surface area contributed by atoms with Crippen molar-refractivity contribution in [2.45, 2.75) is 52.1 Å². The number of rotatable bonds is 3. The first-order valence-corrected chi connectivity index (χ1v) is 8.23. The van der Waals surface area contributed by atoms with Crippen LogP contribution in [0.5, 0.6) is 0 Å². The van der Waals surface area contributed by atoms with E-state index in [1.807, 2.05) is 13.8 Å². The van der Waals surface area contributed by atoms with E-state index in [4.69, 9.17) is 0 Å². The van der Waals surface area contributed by atoms with Crippen molar-refractivity contribution in [3.8, 4) is 0 Å². The molecule has 1 aliphatic carbocycles. The summed E-state index contributed by atoms with van der Waals surface area (Å²) in [6.07, 6.45) is 3.83. The molecule has 3 rings (SSSR count). The molecule has 0 fully saturated rings. The van der Waals surface area contributed by atoms with Gasteiger partial charge in [-0.25, -0.2) is 4.79 Å². The summed E-state index contributed by atoms with van der Waals surface area (Å²) < 4.78 is 2.32. The number of aryl methyl sites for hydroxylation is 2. The van der Waals surface area contributed by atoms with Gasteiger partial charge in [-0.3, -0.25) is 13.9 Å². The molecule has 0 unspecified atom stereocenters. The summed E-state index contributed by atoms with van der Waals surface area (Å²) in [5.41, 5.74) is -0.0754. The number of hydrogen-bond donors (Lipinski definition) is 0. The number of nitrogens with zero attached hydrogens (tertiary/aromatic N) is 2. The molecule has 0 spiro atoms. The molecule has 2 aromatic heterocycles. The summed E-state index contributed by atoms with van der Waals surface area (Å²) in [4.78, 5) is 37.9. The first kappa shape index (κ1) is 15.0. The maximum atomic E-state index is 12.7. The zero-order chi connectivity index (χ0) is 16.0. The number of hydrogen-bond acceptors (Lipinski definition) is 5. The fourth-order valence-corrected chi connectivity index (χ4v) is 4.61. The average molecular weight is 321 g/mol. The van der Waals surface area contributed by atoms with E-state index < -0.39 is 23.8 Å². The second-order valence-electron chi connectivity index (χ2n) is 5.90. The molecule has 0 N–H and O–H groups in total. The van der Waals surface area contributed by atoms with E-state index in [0.717, 1.165) is 40.7 Å². The molecule has 118 valence electrons. The molecule has 7 heteroatoms. The third kappa shape index (κ3) is 2.20. The number of carbonyl (C=O) groups excluding carboxylic acids is 1. The van der Waals surface area contributed by atoms with Crippen molar-refractivity contribution in [2.24, 2.45) is 0 Å². The Balaban J connectivity index is 2.45. The van der Waals surface area contributed by atoms with E-state index in [-0.39, 0.29) is 6.04 Å². The maximum absolute atomic E-state index is 12.7. The highest BCUT2D eigenvalue weighted by atomic mass is 32.1. The minimum atomic E-state index is -1.43. The smallest absolute Gasteiger partial charge is 0.332 e. The van der Waals surface area contributed by atoms with Crippen LogP contribution in [0.4, 0.5) is 0 Å². The molecule has 22 heavy (non-hydrogen) atoms. The standard InChI is InChI=1S/C15H18N2O4S/c1-8(2)17-14-12(9-5-3-4-6-10(9)22-14)13(20)16(15(17)21)7-11(18)19/h8H,3-7H2,1-2H3,(H,18,19)/p-1. The minimum absolute atomic E-state index is 0.149. The lowest BCUT2D eigenvalue weighted by Gasteiger charge is -2.15. The first-order chi connectivity index (χ1) is 10.4. The Hall–Kier alpha value is -1.89. The summed E-state index contributed by atoms with van der Waals surface area (Å²) in [5.74, 6) is -1.43. The number of aliphatic carboxylic acids is 1. The summed E-state index contributed by atoms with van der Waals surface area (Å²) in [6.45, 7) is 3.01. The number of thiophene rings is 1. The second kappa shape index (κ2) is 5.39. The van der Waals surface area contributed by atoms with Crippen LogP contribution < -0.4 is 16.4 Å². The highest BCUT2D eigenvalue weighted by Crippen LogP contribution is 2.34. The van der Waals surface area contributed by atoms with Gasteiger partial charge in [-0.2, -0.15) is 0 Å². The lowest BCUT2D eigenvalue weighted by atomic mass is 9.97. The monoisotopic (exact) mass is 321 g/mol. The summed E-state index contributed by atoms with van der Waals surface area (Å²) in [7, 11) is 0. The number of carbonyl (C=O) groups is 1. The maximum Gasteiger partial charge on any atom is 0.332 e. The summed E-state index contributed by atoms with van der Waals surface area (Å²) >= 11 is 1.50. The molecule has 0 bridgehead atoms. The topological polar surface area (TPSA) is 84.1 Å². The highest BCUT2D eigenvalue weighted by molar-refractivity contribution is 7.18. The van der Waals surface area contributed by atoms with E-state index in [9.17, 15) is 19.5 Å². The van der Waals surface area contributed by atoms with Crippen LogP contribution >= 0.6 is 11.3 Å². The Kier molecular flexibility index (Phi) is 3.68. The lowest BCUT2D eigenvalue weighted by molar-refractivity contribution is -0.306. The van der Waals surface area contributed by atoms with Gasteiger partial charge >= 0.3 is 5.69 Å². The van der Waals surface area contributed by atoms with Crippen molar-refractivity contribution >= 4 is 27.5 Å². The van der Waals surface area contributed by atoms with Crippen LogP contribution in [0, 0.1) is 0 Å². The van der Waals surface area contributed by atoms with Gasteiger partial charge in [0.2, 0.25) is 0 Å². The van der Waals surface area contributed by atoms with Crippen LogP contribution in [0.15, 0.2) is 9.59 Å². The van der Waals surface area contributed by atoms with Crippen molar-refractivity contribution in [2.75, 3.05) is 0 Å². The van der Waals surface area contributed by atoms with Gasteiger partial charge in [-0.1, -0.05) is 0 Å². The molecule has 0 aliphatic heterocycles. The van der Waals surface area contributed by atoms with E-state index in [1.165, 1.54) is 15.9 Å². The van der Waals surface area contributed by atoms with E-state index in [2.05, 4.69) is 0 Å². The van der Waals surface area contributed by atoms with Gasteiger partial charge in [0.05, 0.1) is 17.9 Å². The van der Waals surface area contributed by atoms with Crippen LogP contribution in [-0.2, 0) is 24.2 Å². The van der Waals surface area contributed by atoms with Gasteiger partial charge in [0, 0.05) is 10.9 Å². The first-order valence-electron chi connectivity index (χ1n) is 7.41. The van der Waals surface area contributed by atoms with Gasteiger partial charge in [-0.15, -0.1) is 11.3 Å². The molecule has 0 radical (unpaired) electrons. The highest BCUT2D eigenvalue weighted by Gasteiger charge is 2.24. The molecule has 0 atom stereocenters.